The minimum atomic E-state index is -3.57. The monoisotopic (exact) mass is 312 g/mol. The molecular formula is C14H24N4O2S. The summed E-state index contributed by atoms with van der Waals surface area (Å²) in [4.78, 5) is 0.0774. The van der Waals surface area contributed by atoms with Crippen LogP contribution in [0.5, 0.6) is 0 Å². The Balaban J connectivity index is 1.96. The summed E-state index contributed by atoms with van der Waals surface area (Å²) in [6.07, 6.45) is 10.0. The standard InChI is InChI=1S/C14H24N4O2S/c1-2-10-18-11-13(14(15)17-18)21(19,20)16-9-8-12-6-4-3-5-7-12/h6,11,16H,2-5,7-10H2,1H3,(H2,15,17). The molecule has 0 aromatic carbocycles. The highest BCUT2D eigenvalue weighted by Gasteiger charge is 2.20. The Bertz CT molecular complexity index is 604. The van der Waals surface area contributed by atoms with Gasteiger partial charge in [0.2, 0.25) is 10.0 Å². The van der Waals surface area contributed by atoms with E-state index in [1.54, 1.807) is 4.68 Å². The normalized spacial score (nSPS) is 16.0. The fraction of sp³-hybridized carbons (Fsp3) is 0.643. The average molecular weight is 312 g/mol. The third-order valence-corrected chi connectivity index (χ3v) is 5.10. The molecule has 1 aliphatic rings. The summed E-state index contributed by atoms with van der Waals surface area (Å²) >= 11 is 0. The smallest absolute Gasteiger partial charge is 0.245 e. The molecule has 0 radical (unpaired) electrons. The second-order valence-corrected chi connectivity index (χ2v) is 7.13. The molecule has 6 nitrogen and oxygen atoms in total. The van der Waals surface area contributed by atoms with Gasteiger partial charge in [0.15, 0.2) is 5.82 Å². The van der Waals surface area contributed by atoms with Gasteiger partial charge in [-0.3, -0.25) is 4.68 Å². The molecule has 21 heavy (non-hydrogen) atoms. The topological polar surface area (TPSA) is 90.0 Å². The third kappa shape index (κ3) is 4.31. The van der Waals surface area contributed by atoms with Crippen molar-refractivity contribution in [3.63, 3.8) is 0 Å². The molecule has 1 aromatic rings. The van der Waals surface area contributed by atoms with Gasteiger partial charge in [-0.05, 0) is 38.5 Å². The van der Waals surface area contributed by atoms with E-state index in [0.29, 0.717) is 13.1 Å². The Morgan fingerprint density at radius 1 is 1.43 bits per heavy atom. The maximum absolute atomic E-state index is 12.2. The first-order chi connectivity index (χ1) is 10.0. The number of rotatable bonds is 7. The molecule has 3 N–H and O–H groups in total. The fourth-order valence-corrected chi connectivity index (χ4v) is 3.63. The second-order valence-electron chi connectivity index (χ2n) is 5.40. The minimum Gasteiger partial charge on any atom is -0.381 e. The number of hydrogen-bond donors (Lipinski definition) is 2. The van der Waals surface area contributed by atoms with Crippen molar-refractivity contribution in [1.29, 1.82) is 0 Å². The lowest BCUT2D eigenvalue weighted by molar-refractivity contribution is 0.577. The Hall–Kier alpha value is -1.34. The SMILES string of the molecule is CCCn1cc(S(=O)(=O)NCCC2=CCCCC2)c(N)n1. The highest BCUT2D eigenvalue weighted by atomic mass is 32.2. The largest absolute Gasteiger partial charge is 0.381 e. The van der Waals surface area contributed by atoms with Crippen molar-refractivity contribution in [2.75, 3.05) is 12.3 Å². The fourth-order valence-electron chi connectivity index (χ4n) is 2.52. The van der Waals surface area contributed by atoms with Gasteiger partial charge in [-0.25, -0.2) is 13.1 Å². The molecule has 0 atom stereocenters. The first-order valence-electron chi connectivity index (χ1n) is 7.53. The van der Waals surface area contributed by atoms with E-state index in [4.69, 9.17) is 5.73 Å². The molecule has 0 amide bonds. The first kappa shape index (κ1) is 16.0. The summed E-state index contributed by atoms with van der Waals surface area (Å²) in [5.41, 5.74) is 7.06. The van der Waals surface area contributed by atoms with Crippen molar-refractivity contribution in [2.24, 2.45) is 0 Å². The van der Waals surface area contributed by atoms with E-state index in [2.05, 4.69) is 15.9 Å². The van der Waals surface area contributed by atoms with E-state index in [0.717, 1.165) is 25.7 Å². The zero-order valence-corrected chi connectivity index (χ0v) is 13.3. The predicted octanol–water partition coefficient (Wildman–Crippen LogP) is 2.04. The summed E-state index contributed by atoms with van der Waals surface area (Å²) in [6.45, 7) is 3.07. The van der Waals surface area contributed by atoms with Gasteiger partial charge in [0, 0.05) is 19.3 Å². The number of aryl methyl sites for hydroxylation is 1. The number of sulfonamides is 1. The summed E-state index contributed by atoms with van der Waals surface area (Å²) in [7, 11) is -3.57. The zero-order chi connectivity index (χ0) is 15.3. The number of aromatic nitrogens is 2. The number of hydrogen-bond acceptors (Lipinski definition) is 4. The average Bonchev–Trinajstić information content (AvgIpc) is 2.82. The van der Waals surface area contributed by atoms with Crippen LogP contribution in [0.15, 0.2) is 22.7 Å². The lowest BCUT2D eigenvalue weighted by Gasteiger charge is -2.12. The van der Waals surface area contributed by atoms with Crippen LogP contribution in [0.25, 0.3) is 0 Å². The second kappa shape index (κ2) is 7.09. The number of nitrogens with one attached hydrogen (secondary N) is 1. The van der Waals surface area contributed by atoms with Crippen molar-refractivity contribution >= 4 is 15.8 Å². The van der Waals surface area contributed by atoms with Crippen LogP contribution in [-0.4, -0.2) is 24.7 Å². The number of nitrogen functional groups attached to an aromatic ring is 1. The van der Waals surface area contributed by atoms with Crippen LogP contribution in [0.3, 0.4) is 0 Å². The van der Waals surface area contributed by atoms with Crippen molar-refractivity contribution in [2.45, 2.75) is 56.9 Å². The van der Waals surface area contributed by atoms with E-state index < -0.39 is 10.0 Å². The number of nitrogens with two attached hydrogens (primary N) is 1. The lowest BCUT2D eigenvalue weighted by Crippen LogP contribution is -2.25. The van der Waals surface area contributed by atoms with E-state index in [9.17, 15) is 8.42 Å². The quantitative estimate of drug-likeness (QED) is 0.754. The molecule has 0 bridgehead atoms. The molecule has 1 aliphatic carbocycles. The highest BCUT2D eigenvalue weighted by molar-refractivity contribution is 7.89. The minimum absolute atomic E-state index is 0.0628. The van der Waals surface area contributed by atoms with Gasteiger partial charge < -0.3 is 5.73 Å². The van der Waals surface area contributed by atoms with E-state index >= 15 is 0 Å². The number of nitrogens with zero attached hydrogens (tertiary/aromatic N) is 2. The van der Waals surface area contributed by atoms with Gasteiger partial charge in [-0.1, -0.05) is 18.6 Å². The molecule has 0 aliphatic heterocycles. The van der Waals surface area contributed by atoms with Crippen molar-refractivity contribution < 1.29 is 8.42 Å². The van der Waals surface area contributed by atoms with E-state index in [1.807, 2.05) is 6.92 Å². The maximum Gasteiger partial charge on any atom is 0.245 e. The van der Waals surface area contributed by atoms with Crippen molar-refractivity contribution in [1.82, 2.24) is 14.5 Å². The summed E-state index contributed by atoms with van der Waals surface area (Å²) < 4.78 is 28.7. The molecule has 7 heteroatoms. The molecule has 2 rings (SSSR count). The van der Waals surface area contributed by atoms with Crippen molar-refractivity contribution in [3.8, 4) is 0 Å². The molecule has 0 saturated heterocycles. The van der Waals surface area contributed by atoms with E-state index in [1.165, 1.54) is 24.6 Å². The zero-order valence-electron chi connectivity index (χ0n) is 12.5. The number of allylic oxidation sites excluding steroid dienone is 1. The highest BCUT2D eigenvalue weighted by Crippen LogP contribution is 2.20. The van der Waals surface area contributed by atoms with Gasteiger partial charge >= 0.3 is 0 Å². The van der Waals surface area contributed by atoms with Gasteiger partial charge in [0.05, 0.1) is 0 Å². The lowest BCUT2D eigenvalue weighted by atomic mass is 9.97. The summed E-state index contributed by atoms with van der Waals surface area (Å²) in [5.74, 6) is 0.0628. The predicted molar refractivity (Wildman–Crippen MR) is 83.3 cm³/mol. The van der Waals surface area contributed by atoms with Crippen LogP contribution in [0, 0.1) is 0 Å². The molecule has 118 valence electrons. The Morgan fingerprint density at radius 3 is 2.90 bits per heavy atom. The Labute approximate surface area is 126 Å². The molecule has 0 unspecified atom stereocenters. The Kier molecular flexibility index (Phi) is 5.41. The molecule has 0 spiro atoms. The molecule has 0 saturated carbocycles. The third-order valence-electron chi connectivity index (χ3n) is 3.62. The first-order valence-corrected chi connectivity index (χ1v) is 9.01. The van der Waals surface area contributed by atoms with Crippen LogP contribution in [0.4, 0.5) is 5.82 Å². The molecule has 1 heterocycles. The van der Waals surface area contributed by atoms with Crippen molar-refractivity contribution in [3.05, 3.63) is 17.8 Å². The van der Waals surface area contributed by atoms with Gasteiger partial charge in [-0.2, -0.15) is 5.10 Å². The summed E-state index contributed by atoms with van der Waals surface area (Å²) in [5, 5.41) is 4.03. The number of anilines is 1. The molecule has 1 aromatic heterocycles. The Morgan fingerprint density at radius 2 is 2.24 bits per heavy atom. The van der Waals surface area contributed by atoms with Crippen LogP contribution in [0.1, 0.15) is 45.4 Å². The maximum atomic E-state index is 12.2. The molecular weight excluding hydrogens is 288 g/mol. The van der Waals surface area contributed by atoms with Crippen LogP contribution in [-0.2, 0) is 16.6 Å². The summed E-state index contributed by atoms with van der Waals surface area (Å²) in [6, 6.07) is 0. The van der Waals surface area contributed by atoms with Crippen LogP contribution < -0.4 is 10.5 Å². The van der Waals surface area contributed by atoms with Gasteiger partial charge in [0.1, 0.15) is 4.90 Å². The molecule has 0 fully saturated rings. The van der Waals surface area contributed by atoms with Crippen LogP contribution in [0.2, 0.25) is 0 Å². The van der Waals surface area contributed by atoms with Gasteiger partial charge in [-0.15, -0.1) is 0 Å². The van der Waals surface area contributed by atoms with Crippen LogP contribution >= 0.6 is 0 Å². The van der Waals surface area contributed by atoms with E-state index in [-0.39, 0.29) is 10.7 Å². The van der Waals surface area contributed by atoms with Gasteiger partial charge in [0.25, 0.3) is 0 Å².